The Hall–Kier alpha value is -1.56. The zero-order valence-electron chi connectivity index (χ0n) is 7.07. The van der Waals surface area contributed by atoms with Crippen LogP contribution in [0.25, 0.3) is 0 Å². The van der Waals surface area contributed by atoms with Gasteiger partial charge >= 0.3 is 0 Å². The van der Waals surface area contributed by atoms with E-state index in [0.29, 0.717) is 6.42 Å². The minimum atomic E-state index is 0.535. The Morgan fingerprint density at radius 1 is 1.58 bits per heavy atom. The molecule has 1 rings (SSSR count). The molecule has 1 heterocycles. The minimum absolute atomic E-state index is 0.535. The number of aromatic nitrogens is 1. The first-order chi connectivity index (χ1) is 5.84. The summed E-state index contributed by atoms with van der Waals surface area (Å²) < 4.78 is 0. The average molecular weight is 161 g/mol. The van der Waals surface area contributed by atoms with Crippen LogP contribution in [0.3, 0.4) is 0 Å². The van der Waals surface area contributed by atoms with Crippen molar-refractivity contribution in [3.8, 4) is 6.07 Å². The summed E-state index contributed by atoms with van der Waals surface area (Å²) in [5.41, 5.74) is 0. The summed E-state index contributed by atoms with van der Waals surface area (Å²) in [6.45, 7) is 0.730. The largest absolute Gasteiger partial charge is 0.359 e. The molecule has 0 bridgehead atoms. The molecule has 1 aromatic heterocycles. The van der Waals surface area contributed by atoms with E-state index in [2.05, 4.69) is 11.1 Å². The van der Waals surface area contributed by atoms with E-state index in [1.54, 1.807) is 6.20 Å². The quantitative estimate of drug-likeness (QED) is 0.673. The first-order valence-corrected chi connectivity index (χ1v) is 3.83. The van der Waals surface area contributed by atoms with Gasteiger partial charge < -0.3 is 4.90 Å². The van der Waals surface area contributed by atoms with E-state index in [1.165, 1.54) is 0 Å². The maximum Gasteiger partial charge on any atom is 0.128 e. The summed E-state index contributed by atoms with van der Waals surface area (Å²) in [6.07, 6.45) is 2.28. The van der Waals surface area contributed by atoms with E-state index >= 15 is 0 Å². The van der Waals surface area contributed by atoms with Gasteiger partial charge in [0.05, 0.1) is 12.5 Å². The highest BCUT2D eigenvalue weighted by molar-refractivity contribution is 5.36. The van der Waals surface area contributed by atoms with Gasteiger partial charge in [-0.1, -0.05) is 6.07 Å². The summed E-state index contributed by atoms with van der Waals surface area (Å²) in [4.78, 5) is 6.11. The topological polar surface area (TPSA) is 39.9 Å². The molecule has 1 aromatic rings. The molecule has 62 valence electrons. The summed E-state index contributed by atoms with van der Waals surface area (Å²) >= 11 is 0. The maximum absolute atomic E-state index is 8.36. The monoisotopic (exact) mass is 161 g/mol. The molecule has 0 aliphatic heterocycles. The molecule has 3 heteroatoms. The number of hydrogen-bond donors (Lipinski definition) is 0. The van der Waals surface area contributed by atoms with E-state index in [9.17, 15) is 0 Å². The van der Waals surface area contributed by atoms with Crippen molar-refractivity contribution in [3.63, 3.8) is 0 Å². The molecular formula is C9H11N3. The molecule has 12 heavy (non-hydrogen) atoms. The van der Waals surface area contributed by atoms with Crippen LogP contribution in [0.5, 0.6) is 0 Å². The summed E-state index contributed by atoms with van der Waals surface area (Å²) in [5.74, 6) is 0.910. The van der Waals surface area contributed by atoms with Crippen molar-refractivity contribution in [2.24, 2.45) is 0 Å². The van der Waals surface area contributed by atoms with Gasteiger partial charge in [-0.25, -0.2) is 4.98 Å². The summed E-state index contributed by atoms with van der Waals surface area (Å²) in [5, 5.41) is 8.36. The normalized spacial score (nSPS) is 9.00. The molecule has 3 nitrogen and oxygen atoms in total. The van der Waals surface area contributed by atoms with Gasteiger partial charge in [0.25, 0.3) is 0 Å². The van der Waals surface area contributed by atoms with Crippen LogP contribution in [0.1, 0.15) is 6.42 Å². The Balaban J connectivity index is 2.55. The number of rotatable bonds is 3. The lowest BCUT2D eigenvalue weighted by molar-refractivity contribution is 0.885. The molecule has 0 unspecified atom stereocenters. The first kappa shape index (κ1) is 8.54. The molecule has 0 spiro atoms. The van der Waals surface area contributed by atoms with E-state index in [4.69, 9.17) is 5.26 Å². The molecular weight excluding hydrogens is 150 g/mol. The fourth-order valence-corrected chi connectivity index (χ4v) is 0.912. The van der Waals surface area contributed by atoms with Crippen LogP contribution in [-0.4, -0.2) is 18.6 Å². The molecule has 0 aliphatic rings. The number of pyridine rings is 1. The smallest absolute Gasteiger partial charge is 0.128 e. The van der Waals surface area contributed by atoms with E-state index in [1.807, 2.05) is 30.1 Å². The van der Waals surface area contributed by atoms with Crippen molar-refractivity contribution in [2.75, 3.05) is 18.5 Å². The second kappa shape index (κ2) is 4.35. The third-order valence-electron chi connectivity index (χ3n) is 1.60. The zero-order valence-corrected chi connectivity index (χ0v) is 7.07. The summed E-state index contributed by atoms with van der Waals surface area (Å²) in [6, 6.07) is 7.84. The fraction of sp³-hybridized carbons (Fsp3) is 0.333. The molecule has 0 fully saturated rings. The number of anilines is 1. The predicted octanol–water partition coefficient (Wildman–Crippen LogP) is 1.43. The Morgan fingerprint density at radius 2 is 2.42 bits per heavy atom. The second-order valence-corrected chi connectivity index (χ2v) is 2.52. The number of hydrogen-bond acceptors (Lipinski definition) is 3. The van der Waals surface area contributed by atoms with Gasteiger partial charge in [0.2, 0.25) is 0 Å². The van der Waals surface area contributed by atoms with Crippen LogP contribution in [-0.2, 0) is 0 Å². The third kappa shape index (κ3) is 2.24. The van der Waals surface area contributed by atoms with Gasteiger partial charge in [0.1, 0.15) is 5.82 Å². The average Bonchev–Trinajstić information content (AvgIpc) is 2.15. The van der Waals surface area contributed by atoms with Gasteiger partial charge in [-0.05, 0) is 12.1 Å². The van der Waals surface area contributed by atoms with Gasteiger partial charge in [-0.15, -0.1) is 0 Å². The van der Waals surface area contributed by atoms with Crippen LogP contribution in [0, 0.1) is 11.3 Å². The molecule has 0 aromatic carbocycles. The lowest BCUT2D eigenvalue weighted by atomic mass is 10.4. The van der Waals surface area contributed by atoms with Gasteiger partial charge in [0, 0.05) is 19.8 Å². The molecule has 0 radical (unpaired) electrons. The predicted molar refractivity (Wildman–Crippen MR) is 47.7 cm³/mol. The third-order valence-corrected chi connectivity index (χ3v) is 1.60. The molecule has 0 N–H and O–H groups in total. The summed E-state index contributed by atoms with van der Waals surface area (Å²) in [7, 11) is 1.93. The van der Waals surface area contributed by atoms with Crippen molar-refractivity contribution in [1.82, 2.24) is 4.98 Å². The van der Waals surface area contributed by atoms with Crippen LogP contribution in [0.2, 0.25) is 0 Å². The van der Waals surface area contributed by atoms with Crippen molar-refractivity contribution in [1.29, 1.82) is 5.26 Å². The molecule has 0 aliphatic carbocycles. The van der Waals surface area contributed by atoms with Crippen LogP contribution in [0.4, 0.5) is 5.82 Å². The SMILES string of the molecule is CN(CCC#N)c1ccccn1. The maximum atomic E-state index is 8.36. The van der Waals surface area contributed by atoms with Crippen LogP contribution < -0.4 is 4.90 Å². The fourth-order valence-electron chi connectivity index (χ4n) is 0.912. The molecule has 0 saturated carbocycles. The second-order valence-electron chi connectivity index (χ2n) is 2.52. The van der Waals surface area contributed by atoms with Crippen LogP contribution in [0.15, 0.2) is 24.4 Å². The Kier molecular flexibility index (Phi) is 3.09. The molecule has 0 saturated heterocycles. The van der Waals surface area contributed by atoms with Gasteiger partial charge in [0.15, 0.2) is 0 Å². The van der Waals surface area contributed by atoms with E-state index in [0.717, 1.165) is 12.4 Å². The number of nitrogens with zero attached hydrogens (tertiary/aromatic N) is 3. The standard InChI is InChI=1S/C9H11N3/c1-12(8-4-6-10)9-5-2-3-7-11-9/h2-3,5,7H,4,8H2,1H3. The van der Waals surface area contributed by atoms with Crippen molar-refractivity contribution in [3.05, 3.63) is 24.4 Å². The Morgan fingerprint density at radius 3 is 3.00 bits per heavy atom. The first-order valence-electron chi connectivity index (χ1n) is 3.83. The van der Waals surface area contributed by atoms with Crippen molar-refractivity contribution < 1.29 is 0 Å². The van der Waals surface area contributed by atoms with E-state index in [-0.39, 0.29) is 0 Å². The minimum Gasteiger partial charge on any atom is -0.359 e. The van der Waals surface area contributed by atoms with E-state index < -0.39 is 0 Å². The number of nitriles is 1. The Bertz CT molecular complexity index is 263. The van der Waals surface area contributed by atoms with Gasteiger partial charge in [-0.2, -0.15) is 5.26 Å². The highest BCUT2D eigenvalue weighted by atomic mass is 15.2. The zero-order chi connectivity index (χ0) is 8.81. The lowest BCUT2D eigenvalue weighted by Gasteiger charge is -2.15. The highest BCUT2D eigenvalue weighted by Gasteiger charge is 1.98. The van der Waals surface area contributed by atoms with Crippen LogP contribution >= 0.6 is 0 Å². The molecule has 0 atom stereocenters. The highest BCUT2D eigenvalue weighted by Crippen LogP contribution is 2.05. The lowest BCUT2D eigenvalue weighted by Crippen LogP contribution is -2.18. The Labute approximate surface area is 72.3 Å². The molecule has 0 amide bonds. The van der Waals surface area contributed by atoms with Crippen molar-refractivity contribution >= 4 is 5.82 Å². The van der Waals surface area contributed by atoms with Gasteiger partial charge in [-0.3, -0.25) is 0 Å². The van der Waals surface area contributed by atoms with Crippen molar-refractivity contribution in [2.45, 2.75) is 6.42 Å².